The first-order valence-electron chi connectivity index (χ1n) is 14.5. The van der Waals surface area contributed by atoms with E-state index in [1.165, 1.54) is 16.7 Å². The van der Waals surface area contributed by atoms with E-state index in [0.29, 0.717) is 23.4 Å². The third-order valence-electron chi connectivity index (χ3n) is 8.05. The lowest BCUT2D eigenvalue weighted by Crippen LogP contribution is -2.39. The molecule has 210 valence electrons. The van der Waals surface area contributed by atoms with Gasteiger partial charge < -0.3 is 10.1 Å². The van der Waals surface area contributed by atoms with Crippen molar-refractivity contribution in [3.05, 3.63) is 108 Å². The summed E-state index contributed by atoms with van der Waals surface area (Å²) in [4.78, 5) is 0.329. The second kappa shape index (κ2) is 13.4. The van der Waals surface area contributed by atoms with E-state index in [1.807, 2.05) is 30.3 Å². The van der Waals surface area contributed by atoms with E-state index in [9.17, 15) is 8.42 Å². The number of ether oxygens (including phenoxy) is 1. The number of rotatable bonds is 13. The third kappa shape index (κ3) is 6.92. The number of sulfonamides is 1. The Morgan fingerprint density at radius 2 is 1.50 bits per heavy atom. The molecule has 0 spiro atoms. The number of aryl methyl sites for hydroxylation is 1. The molecule has 4 aromatic carbocycles. The van der Waals surface area contributed by atoms with Gasteiger partial charge in [-0.3, -0.25) is 0 Å². The Balaban J connectivity index is 1.04. The van der Waals surface area contributed by atoms with Crippen LogP contribution in [0.2, 0.25) is 0 Å². The summed E-state index contributed by atoms with van der Waals surface area (Å²) in [5.74, 6) is 1.27. The molecule has 0 amide bonds. The van der Waals surface area contributed by atoms with Crippen molar-refractivity contribution in [1.29, 1.82) is 0 Å². The van der Waals surface area contributed by atoms with Gasteiger partial charge in [0, 0.05) is 18.5 Å². The van der Waals surface area contributed by atoms with Gasteiger partial charge in [-0.25, -0.2) is 13.1 Å². The summed E-state index contributed by atoms with van der Waals surface area (Å²) in [7, 11) is -1.76. The zero-order valence-corrected chi connectivity index (χ0v) is 24.1. The molecule has 40 heavy (non-hydrogen) atoms. The molecule has 2 unspecified atom stereocenters. The second-order valence-electron chi connectivity index (χ2n) is 10.7. The maximum atomic E-state index is 12.7. The van der Waals surface area contributed by atoms with Crippen molar-refractivity contribution >= 4 is 20.8 Å². The first-order valence-corrected chi connectivity index (χ1v) is 16.0. The molecule has 0 saturated heterocycles. The van der Waals surface area contributed by atoms with Crippen molar-refractivity contribution in [2.45, 2.75) is 61.8 Å². The van der Waals surface area contributed by atoms with E-state index in [0.717, 1.165) is 68.0 Å². The van der Waals surface area contributed by atoms with E-state index in [1.54, 1.807) is 19.2 Å². The quantitative estimate of drug-likeness (QED) is 0.178. The van der Waals surface area contributed by atoms with Crippen LogP contribution in [-0.4, -0.2) is 34.7 Å². The largest absolute Gasteiger partial charge is 0.497 e. The Morgan fingerprint density at radius 3 is 2.30 bits per heavy atom. The molecular formula is C34H40N2O3S. The monoisotopic (exact) mass is 556 g/mol. The van der Waals surface area contributed by atoms with Crippen molar-refractivity contribution in [2.24, 2.45) is 0 Å². The van der Waals surface area contributed by atoms with Crippen molar-refractivity contribution in [1.82, 2.24) is 10.0 Å². The molecule has 0 aromatic heterocycles. The molecule has 0 saturated carbocycles. The van der Waals surface area contributed by atoms with Crippen molar-refractivity contribution in [2.75, 3.05) is 20.2 Å². The third-order valence-corrected chi connectivity index (χ3v) is 9.51. The molecule has 0 heterocycles. The summed E-state index contributed by atoms with van der Waals surface area (Å²) in [5, 5.41) is 5.85. The summed E-state index contributed by atoms with van der Waals surface area (Å²) in [6, 6.07) is 30.9. The molecule has 2 N–H and O–H groups in total. The van der Waals surface area contributed by atoms with Gasteiger partial charge in [0.2, 0.25) is 10.0 Å². The van der Waals surface area contributed by atoms with Gasteiger partial charge in [0.05, 0.1) is 12.0 Å². The Hall–Kier alpha value is -3.19. The van der Waals surface area contributed by atoms with Crippen molar-refractivity contribution < 1.29 is 13.2 Å². The molecule has 5 rings (SSSR count). The number of hydrogen-bond acceptors (Lipinski definition) is 4. The fourth-order valence-corrected chi connectivity index (χ4v) is 7.02. The lowest BCUT2D eigenvalue weighted by atomic mass is 9.75. The molecule has 6 heteroatoms. The number of methoxy groups -OCH3 is 1. The van der Waals surface area contributed by atoms with Crippen molar-refractivity contribution in [3.63, 3.8) is 0 Å². The van der Waals surface area contributed by atoms with Gasteiger partial charge in [-0.2, -0.15) is 0 Å². The highest BCUT2D eigenvalue weighted by molar-refractivity contribution is 7.89. The Labute approximate surface area is 239 Å². The number of benzene rings is 4. The van der Waals surface area contributed by atoms with Crippen LogP contribution >= 0.6 is 0 Å². The molecule has 2 atom stereocenters. The van der Waals surface area contributed by atoms with Gasteiger partial charge in [-0.05, 0) is 84.0 Å². The lowest BCUT2D eigenvalue weighted by Gasteiger charge is -2.35. The smallest absolute Gasteiger partial charge is 0.240 e. The molecule has 4 aromatic rings. The first kappa shape index (κ1) is 28.3. The van der Waals surface area contributed by atoms with Crippen LogP contribution in [0.3, 0.4) is 0 Å². The SMILES string of the molecule is COc1ccc2c(c1)CCC(NCCCCCCCNS(=O)(=O)c1ccc3ccccc3c1)C2c1ccccc1. The summed E-state index contributed by atoms with van der Waals surface area (Å²) >= 11 is 0. The predicted octanol–water partition coefficient (Wildman–Crippen LogP) is 6.81. The summed E-state index contributed by atoms with van der Waals surface area (Å²) in [5.41, 5.74) is 4.15. The van der Waals surface area contributed by atoms with Crippen LogP contribution in [0.4, 0.5) is 0 Å². The maximum Gasteiger partial charge on any atom is 0.240 e. The van der Waals surface area contributed by atoms with Crippen LogP contribution in [0.1, 0.15) is 61.1 Å². The maximum absolute atomic E-state index is 12.7. The normalized spacial score (nSPS) is 17.0. The average Bonchev–Trinajstić information content (AvgIpc) is 2.99. The minimum Gasteiger partial charge on any atom is -0.497 e. The molecule has 0 radical (unpaired) electrons. The second-order valence-corrected chi connectivity index (χ2v) is 12.5. The van der Waals surface area contributed by atoms with Gasteiger partial charge in [0.15, 0.2) is 0 Å². The summed E-state index contributed by atoms with van der Waals surface area (Å²) < 4.78 is 33.7. The number of unbranched alkanes of at least 4 members (excludes halogenated alkanes) is 4. The molecule has 1 aliphatic carbocycles. The predicted molar refractivity (Wildman–Crippen MR) is 164 cm³/mol. The Kier molecular flexibility index (Phi) is 9.53. The molecule has 1 aliphatic rings. The van der Waals surface area contributed by atoms with E-state index in [4.69, 9.17) is 4.74 Å². The topological polar surface area (TPSA) is 67.4 Å². The number of fused-ring (bicyclic) bond motifs is 2. The van der Waals surface area contributed by atoms with Crippen LogP contribution in [-0.2, 0) is 16.4 Å². The van der Waals surface area contributed by atoms with Gasteiger partial charge in [-0.1, -0.05) is 86.0 Å². The van der Waals surface area contributed by atoms with E-state index >= 15 is 0 Å². The van der Waals surface area contributed by atoms with Crippen LogP contribution in [0.25, 0.3) is 10.8 Å². The number of hydrogen-bond donors (Lipinski definition) is 2. The highest BCUT2D eigenvalue weighted by Crippen LogP contribution is 2.38. The fraction of sp³-hybridized carbons (Fsp3) is 0.353. The standard InChI is InChI=1S/C34H40N2O3S/c1-39-30-18-20-32-29(24-30)17-21-33(34(32)27-13-6-5-7-14-27)35-22-10-3-2-4-11-23-36-40(37,38)31-19-16-26-12-8-9-15-28(26)25-31/h5-9,12-16,18-20,24-25,33-36H,2-4,10-11,17,21-23H2,1H3. The first-order chi connectivity index (χ1) is 19.5. The molecular weight excluding hydrogens is 516 g/mol. The van der Waals surface area contributed by atoms with Gasteiger partial charge in [0.25, 0.3) is 0 Å². The van der Waals surface area contributed by atoms with Gasteiger partial charge in [0.1, 0.15) is 5.75 Å². The molecule has 5 nitrogen and oxygen atoms in total. The summed E-state index contributed by atoms with van der Waals surface area (Å²) in [6.45, 7) is 1.46. The van der Waals surface area contributed by atoms with Crippen molar-refractivity contribution in [3.8, 4) is 5.75 Å². The van der Waals surface area contributed by atoms with Gasteiger partial charge in [-0.15, -0.1) is 0 Å². The molecule has 0 aliphatic heterocycles. The minimum absolute atomic E-state index is 0.329. The van der Waals surface area contributed by atoms with Crippen LogP contribution < -0.4 is 14.8 Å². The van der Waals surface area contributed by atoms with Crippen LogP contribution in [0.15, 0.2) is 95.9 Å². The number of nitrogens with one attached hydrogen (secondary N) is 2. The van der Waals surface area contributed by atoms with Gasteiger partial charge >= 0.3 is 0 Å². The Bertz CT molecular complexity index is 1500. The fourth-order valence-electron chi connectivity index (χ4n) is 5.91. The van der Waals surface area contributed by atoms with E-state index in [-0.39, 0.29) is 0 Å². The lowest BCUT2D eigenvalue weighted by molar-refractivity contribution is 0.401. The molecule has 0 fully saturated rings. The average molecular weight is 557 g/mol. The van der Waals surface area contributed by atoms with Crippen LogP contribution in [0, 0.1) is 0 Å². The highest BCUT2D eigenvalue weighted by atomic mass is 32.2. The van der Waals surface area contributed by atoms with Crippen LogP contribution in [0.5, 0.6) is 5.75 Å². The van der Waals surface area contributed by atoms with E-state index < -0.39 is 10.0 Å². The Morgan fingerprint density at radius 1 is 0.775 bits per heavy atom. The minimum atomic E-state index is -3.49. The zero-order valence-electron chi connectivity index (χ0n) is 23.3. The summed E-state index contributed by atoms with van der Waals surface area (Å²) in [6.07, 6.45) is 7.40. The zero-order chi connectivity index (χ0) is 27.8. The highest BCUT2D eigenvalue weighted by Gasteiger charge is 2.30. The molecule has 0 bridgehead atoms. The van der Waals surface area contributed by atoms with E-state index in [2.05, 4.69) is 58.6 Å².